The van der Waals surface area contributed by atoms with Crippen LogP contribution in [0.25, 0.3) is 11.5 Å². The summed E-state index contributed by atoms with van der Waals surface area (Å²) in [5.74, 6) is 1.49. The van der Waals surface area contributed by atoms with Gasteiger partial charge in [0.2, 0.25) is 5.91 Å². The fourth-order valence-corrected chi connectivity index (χ4v) is 2.87. The number of methoxy groups -OCH3 is 1. The maximum Gasteiger partial charge on any atom is 0.277 e. The molecule has 0 radical (unpaired) electrons. The van der Waals surface area contributed by atoms with Crippen molar-refractivity contribution in [1.29, 1.82) is 0 Å². The van der Waals surface area contributed by atoms with Gasteiger partial charge in [0.05, 0.1) is 29.7 Å². The minimum atomic E-state index is -0.217. The van der Waals surface area contributed by atoms with Gasteiger partial charge in [-0.1, -0.05) is 23.4 Å². The van der Waals surface area contributed by atoms with E-state index >= 15 is 0 Å². The number of rotatable bonds is 6. The van der Waals surface area contributed by atoms with Crippen molar-refractivity contribution in [3.63, 3.8) is 0 Å². The second-order valence-corrected chi connectivity index (χ2v) is 6.28. The van der Waals surface area contributed by atoms with E-state index in [4.69, 9.17) is 25.2 Å². The van der Waals surface area contributed by atoms with Gasteiger partial charge in [0.1, 0.15) is 11.5 Å². The smallest absolute Gasteiger partial charge is 0.277 e. The van der Waals surface area contributed by atoms with E-state index in [1.165, 1.54) is 7.11 Å². The maximum atomic E-state index is 12.0. The molecule has 130 valence electrons. The molecule has 3 rings (SSSR count). The number of ether oxygens (including phenoxy) is 1. The molecule has 0 aliphatic rings. The largest absolute Gasteiger partial charge is 0.495 e. The lowest BCUT2D eigenvalue weighted by molar-refractivity contribution is -0.113. The van der Waals surface area contributed by atoms with Crippen LogP contribution in [0.5, 0.6) is 5.75 Å². The van der Waals surface area contributed by atoms with E-state index in [1.807, 2.05) is 0 Å². The van der Waals surface area contributed by atoms with Crippen LogP contribution in [0, 0.1) is 6.92 Å². The minimum Gasteiger partial charge on any atom is -0.495 e. The number of thioether (sulfide) groups is 1. The lowest BCUT2D eigenvalue weighted by Crippen LogP contribution is -2.14. The fraction of sp³-hybridized carbons (Fsp3) is 0.188. The summed E-state index contributed by atoms with van der Waals surface area (Å²) in [6.45, 7) is 1.81. The molecule has 2 heterocycles. The molecule has 1 aromatic carbocycles. The number of carbonyl (C=O) groups is 1. The number of hydrogen-bond donors (Lipinski definition) is 1. The summed E-state index contributed by atoms with van der Waals surface area (Å²) in [5.41, 5.74) is 1.31. The molecule has 0 atom stereocenters. The Kier molecular flexibility index (Phi) is 5.30. The molecule has 0 aliphatic heterocycles. The van der Waals surface area contributed by atoms with Crippen molar-refractivity contribution in [3.05, 3.63) is 41.3 Å². The predicted octanol–water partition coefficient (Wildman–Crippen LogP) is 4.03. The van der Waals surface area contributed by atoms with Gasteiger partial charge in [-0.05, 0) is 31.2 Å². The molecule has 0 bridgehead atoms. The van der Waals surface area contributed by atoms with Gasteiger partial charge in [0.15, 0.2) is 0 Å². The van der Waals surface area contributed by atoms with Crippen LogP contribution in [0.4, 0.5) is 5.69 Å². The molecule has 0 saturated heterocycles. The van der Waals surface area contributed by atoms with E-state index in [1.54, 1.807) is 37.5 Å². The summed E-state index contributed by atoms with van der Waals surface area (Å²) in [6, 6.07) is 6.76. The van der Waals surface area contributed by atoms with Gasteiger partial charge in [-0.15, -0.1) is 10.2 Å². The first-order valence-corrected chi connectivity index (χ1v) is 8.57. The number of aromatic nitrogens is 2. The Labute approximate surface area is 152 Å². The first kappa shape index (κ1) is 17.4. The highest BCUT2D eigenvalue weighted by Crippen LogP contribution is 2.28. The molecule has 0 fully saturated rings. The van der Waals surface area contributed by atoms with Crippen molar-refractivity contribution in [2.24, 2.45) is 0 Å². The number of carbonyl (C=O) groups excluding carboxylic acids is 1. The van der Waals surface area contributed by atoms with Gasteiger partial charge < -0.3 is 18.9 Å². The summed E-state index contributed by atoms with van der Waals surface area (Å²) >= 11 is 7.17. The number of nitrogens with one attached hydrogen (secondary N) is 1. The molecular weight excluding hydrogens is 366 g/mol. The second kappa shape index (κ2) is 7.62. The Morgan fingerprint density at radius 3 is 2.88 bits per heavy atom. The minimum absolute atomic E-state index is 0.121. The number of nitrogens with zero attached hydrogens (tertiary/aromatic N) is 2. The van der Waals surface area contributed by atoms with Crippen LogP contribution in [0.1, 0.15) is 5.76 Å². The molecule has 0 aliphatic carbocycles. The van der Waals surface area contributed by atoms with Crippen molar-refractivity contribution >= 4 is 35.0 Å². The van der Waals surface area contributed by atoms with Crippen LogP contribution in [0.15, 0.2) is 44.6 Å². The summed E-state index contributed by atoms with van der Waals surface area (Å²) < 4.78 is 15.8. The number of anilines is 1. The van der Waals surface area contributed by atoms with Crippen LogP contribution in [0.3, 0.4) is 0 Å². The van der Waals surface area contributed by atoms with Crippen LogP contribution in [-0.4, -0.2) is 29.0 Å². The fourth-order valence-electron chi connectivity index (χ4n) is 2.05. The van der Waals surface area contributed by atoms with Crippen LogP contribution < -0.4 is 10.1 Å². The number of amides is 1. The molecule has 0 unspecified atom stereocenters. The molecular formula is C16H14ClN3O4S. The average Bonchev–Trinajstić information content (AvgIpc) is 3.21. The standard InChI is InChI=1S/C16H14ClN3O4S/c1-9-11(5-6-23-9)15-19-20-16(24-15)25-8-14(21)18-10-3-4-13(22-2)12(17)7-10/h3-7H,8H2,1-2H3,(H,18,21). The zero-order valence-electron chi connectivity index (χ0n) is 13.4. The number of furan rings is 1. The van der Waals surface area contributed by atoms with E-state index in [2.05, 4.69) is 15.5 Å². The van der Waals surface area contributed by atoms with E-state index in [0.29, 0.717) is 33.3 Å². The van der Waals surface area contributed by atoms with Gasteiger partial charge in [0.25, 0.3) is 11.1 Å². The second-order valence-electron chi connectivity index (χ2n) is 4.95. The van der Waals surface area contributed by atoms with Crippen LogP contribution in [0.2, 0.25) is 5.02 Å². The molecule has 25 heavy (non-hydrogen) atoms. The quantitative estimate of drug-likeness (QED) is 0.646. The summed E-state index contributed by atoms with van der Waals surface area (Å²) in [4.78, 5) is 12.0. The van der Waals surface area contributed by atoms with Crippen LogP contribution >= 0.6 is 23.4 Å². The molecule has 9 heteroatoms. The maximum absolute atomic E-state index is 12.0. The Balaban J connectivity index is 1.57. The van der Waals surface area contributed by atoms with Gasteiger partial charge >= 0.3 is 0 Å². The highest BCUT2D eigenvalue weighted by Gasteiger charge is 2.14. The molecule has 0 spiro atoms. The third-order valence-electron chi connectivity index (χ3n) is 3.26. The number of aryl methyl sites for hydroxylation is 1. The molecule has 0 saturated carbocycles. The van der Waals surface area contributed by atoms with Crippen molar-refractivity contribution in [2.45, 2.75) is 12.1 Å². The van der Waals surface area contributed by atoms with Gasteiger partial charge in [-0.3, -0.25) is 4.79 Å². The third-order valence-corrected chi connectivity index (χ3v) is 4.37. The van der Waals surface area contributed by atoms with E-state index in [0.717, 1.165) is 17.3 Å². The van der Waals surface area contributed by atoms with E-state index in [-0.39, 0.29) is 11.7 Å². The highest BCUT2D eigenvalue weighted by molar-refractivity contribution is 7.99. The molecule has 2 aromatic heterocycles. The van der Waals surface area contributed by atoms with Gasteiger partial charge in [-0.25, -0.2) is 0 Å². The lowest BCUT2D eigenvalue weighted by atomic mass is 10.3. The monoisotopic (exact) mass is 379 g/mol. The molecule has 1 amide bonds. The van der Waals surface area contributed by atoms with Crippen molar-refractivity contribution < 1.29 is 18.4 Å². The molecule has 7 nitrogen and oxygen atoms in total. The summed E-state index contributed by atoms with van der Waals surface area (Å²) in [7, 11) is 1.53. The van der Waals surface area contributed by atoms with Crippen molar-refractivity contribution in [1.82, 2.24) is 10.2 Å². The Hall–Kier alpha value is -2.45. The number of halogens is 1. The predicted molar refractivity (Wildman–Crippen MR) is 94.1 cm³/mol. The molecule has 1 N–H and O–H groups in total. The highest BCUT2D eigenvalue weighted by atomic mass is 35.5. The Bertz CT molecular complexity index is 893. The topological polar surface area (TPSA) is 90.4 Å². The van der Waals surface area contributed by atoms with Gasteiger partial charge in [0, 0.05) is 5.69 Å². The normalized spacial score (nSPS) is 10.7. The van der Waals surface area contributed by atoms with Crippen molar-refractivity contribution in [2.75, 3.05) is 18.2 Å². The van der Waals surface area contributed by atoms with E-state index < -0.39 is 0 Å². The molecule has 3 aromatic rings. The Morgan fingerprint density at radius 1 is 1.36 bits per heavy atom. The number of hydrogen-bond acceptors (Lipinski definition) is 7. The van der Waals surface area contributed by atoms with Gasteiger partial charge in [-0.2, -0.15) is 0 Å². The third kappa shape index (κ3) is 4.15. The first-order valence-electron chi connectivity index (χ1n) is 7.21. The zero-order valence-corrected chi connectivity index (χ0v) is 15.0. The van der Waals surface area contributed by atoms with E-state index in [9.17, 15) is 4.79 Å². The van der Waals surface area contributed by atoms with Crippen molar-refractivity contribution in [3.8, 4) is 17.2 Å². The lowest BCUT2D eigenvalue weighted by Gasteiger charge is -2.07. The number of benzene rings is 1. The zero-order chi connectivity index (χ0) is 17.8. The Morgan fingerprint density at radius 2 is 2.20 bits per heavy atom. The summed E-state index contributed by atoms with van der Waals surface area (Å²) in [6.07, 6.45) is 1.55. The average molecular weight is 380 g/mol. The van der Waals surface area contributed by atoms with Crippen LogP contribution in [-0.2, 0) is 4.79 Å². The SMILES string of the molecule is COc1ccc(NC(=O)CSc2nnc(-c3ccoc3C)o2)cc1Cl. The summed E-state index contributed by atoms with van der Waals surface area (Å²) in [5, 5.41) is 11.3. The first-order chi connectivity index (χ1) is 12.1.